The summed E-state index contributed by atoms with van der Waals surface area (Å²) in [5.74, 6) is 1.67. The highest BCUT2D eigenvalue weighted by atomic mass is 32.1. The first-order valence-electron chi connectivity index (χ1n) is 10.3. The van der Waals surface area contributed by atoms with Gasteiger partial charge in [-0.25, -0.2) is 19.9 Å². The van der Waals surface area contributed by atoms with Crippen LogP contribution in [0.3, 0.4) is 0 Å². The number of fused-ring (bicyclic) bond motifs is 1. The number of morpholine rings is 1. The highest BCUT2D eigenvalue weighted by molar-refractivity contribution is 7.19. The van der Waals surface area contributed by atoms with Crippen LogP contribution in [0.4, 0.5) is 11.8 Å². The van der Waals surface area contributed by atoms with Crippen LogP contribution in [0, 0.1) is 0 Å². The van der Waals surface area contributed by atoms with Crippen LogP contribution in [-0.2, 0) is 15.1 Å². The van der Waals surface area contributed by atoms with E-state index in [1.807, 2.05) is 7.05 Å². The summed E-state index contributed by atoms with van der Waals surface area (Å²) in [5, 5.41) is 0. The number of rotatable bonds is 5. The molecule has 1 unspecified atom stereocenters. The third-order valence-electron chi connectivity index (χ3n) is 6.03. The van der Waals surface area contributed by atoms with Gasteiger partial charge in [0, 0.05) is 44.3 Å². The SMILES string of the molecule is CCC(C)(c1cc2nc(-c3cnc(N)nc3)nc(N3CCOCC3)c2s1)N(C)C(C)=O. The maximum atomic E-state index is 12.2. The molecule has 9 nitrogen and oxygen atoms in total. The lowest BCUT2D eigenvalue weighted by Gasteiger charge is -2.37. The monoisotopic (exact) mass is 441 g/mol. The molecule has 0 radical (unpaired) electrons. The van der Waals surface area contributed by atoms with Crippen LogP contribution in [-0.4, -0.2) is 64.1 Å². The molecule has 1 amide bonds. The molecule has 1 aliphatic heterocycles. The highest BCUT2D eigenvalue weighted by Gasteiger charge is 2.34. The molecule has 4 rings (SSSR count). The Kier molecular flexibility index (Phi) is 5.76. The smallest absolute Gasteiger partial charge is 0.219 e. The second-order valence-corrected chi connectivity index (χ2v) is 8.88. The summed E-state index contributed by atoms with van der Waals surface area (Å²) in [4.78, 5) is 35.2. The minimum absolute atomic E-state index is 0.0287. The van der Waals surface area contributed by atoms with E-state index in [1.165, 1.54) is 0 Å². The number of aromatic nitrogens is 4. The number of ether oxygens (including phenoxy) is 1. The lowest BCUT2D eigenvalue weighted by atomic mass is 9.94. The van der Waals surface area contributed by atoms with E-state index in [0.29, 0.717) is 24.6 Å². The number of carbonyl (C=O) groups is 1. The molecule has 2 N–H and O–H groups in total. The Hall–Kier alpha value is -2.85. The van der Waals surface area contributed by atoms with Crippen molar-refractivity contribution in [3.05, 3.63) is 23.3 Å². The summed E-state index contributed by atoms with van der Waals surface area (Å²) >= 11 is 1.65. The second kappa shape index (κ2) is 8.35. The van der Waals surface area contributed by atoms with E-state index < -0.39 is 5.54 Å². The number of nitrogens with zero attached hydrogens (tertiary/aromatic N) is 6. The Bertz CT molecular complexity index is 1100. The third kappa shape index (κ3) is 3.92. The molecule has 0 bridgehead atoms. The molecule has 10 heteroatoms. The summed E-state index contributed by atoms with van der Waals surface area (Å²) in [7, 11) is 1.85. The van der Waals surface area contributed by atoms with Gasteiger partial charge in [-0.2, -0.15) is 0 Å². The van der Waals surface area contributed by atoms with Crippen molar-refractivity contribution in [3.63, 3.8) is 0 Å². The van der Waals surface area contributed by atoms with Gasteiger partial charge in [-0.1, -0.05) is 6.92 Å². The first-order chi connectivity index (χ1) is 14.8. The molecule has 0 aromatic carbocycles. The fourth-order valence-electron chi connectivity index (χ4n) is 3.68. The van der Waals surface area contributed by atoms with E-state index in [2.05, 4.69) is 34.8 Å². The third-order valence-corrected chi connectivity index (χ3v) is 7.40. The summed E-state index contributed by atoms with van der Waals surface area (Å²) in [6.07, 6.45) is 4.06. The van der Waals surface area contributed by atoms with Crippen LogP contribution in [0.5, 0.6) is 0 Å². The van der Waals surface area contributed by atoms with Gasteiger partial charge >= 0.3 is 0 Å². The van der Waals surface area contributed by atoms with Crippen molar-refractivity contribution in [2.75, 3.05) is 44.0 Å². The Morgan fingerprint density at radius 2 is 1.97 bits per heavy atom. The largest absolute Gasteiger partial charge is 0.378 e. The zero-order chi connectivity index (χ0) is 22.2. The fraction of sp³-hybridized carbons (Fsp3) is 0.476. The van der Waals surface area contributed by atoms with Crippen molar-refractivity contribution in [1.29, 1.82) is 0 Å². The van der Waals surface area contributed by atoms with Crippen LogP contribution in [0.1, 0.15) is 32.1 Å². The molecule has 1 saturated heterocycles. The fourth-order valence-corrected chi connectivity index (χ4v) is 5.04. The van der Waals surface area contributed by atoms with Crippen LogP contribution in [0.25, 0.3) is 21.6 Å². The average molecular weight is 442 g/mol. The van der Waals surface area contributed by atoms with Gasteiger partial charge in [0.2, 0.25) is 11.9 Å². The van der Waals surface area contributed by atoms with Crippen LogP contribution in [0.2, 0.25) is 0 Å². The molecule has 3 aromatic rings. The molecule has 1 atom stereocenters. The zero-order valence-electron chi connectivity index (χ0n) is 18.3. The summed E-state index contributed by atoms with van der Waals surface area (Å²) < 4.78 is 6.54. The van der Waals surface area contributed by atoms with Crippen LogP contribution in [0.15, 0.2) is 18.5 Å². The quantitative estimate of drug-likeness (QED) is 0.643. The van der Waals surface area contributed by atoms with E-state index in [-0.39, 0.29) is 11.9 Å². The highest BCUT2D eigenvalue weighted by Crippen LogP contribution is 2.41. The van der Waals surface area contributed by atoms with Crippen LogP contribution >= 0.6 is 11.3 Å². The number of anilines is 2. The number of hydrogen-bond donors (Lipinski definition) is 1. The Balaban J connectivity index is 1.89. The zero-order valence-corrected chi connectivity index (χ0v) is 19.1. The summed E-state index contributed by atoms with van der Waals surface area (Å²) in [6, 6.07) is 2.08. The van der Waals surface area contributed by atoms with Crippen molar-refractivity contribution in [2.45, 2.75) is 32.7 Å². The lowest BCUT2D eigenvalue weighted by molar-refractivity contribution is -0.133. The Morgan fingerprint density at radius 3 is 2.58 bits per heavy atom. The number of nitrogens with two attached hydrogens (primary N) is 1. The van der Waals surface area contributed by atoms with Crippen molar-refractivity contribution >= 4 is 39.2 Å². The van der Waals surface area contributed by atoms with Gasteiger partial charge in [0.05, 0.1) is 34.5 Å². The van der Waals surface area contributed by atoms with Crippen molar-refractivity contribution in [2.24, 2.45) is 0 Å². The molecular weight excluding hydrogens is 414 g/mol. The van der Waals surface area contributed by atoms with E-state index in [4.69, 9.17) is 20.4 Å². The number of hydrogen-bond acceptors (Lipinski definition) is 9. The number of nitrogen functional groups attached to an aromatic ring is 1. The van der Waals surface area contributed by atoms with Crippen LogP contribution < -0.4 is 10.6 Å². The predicted octanol–water partition coefficient (Wildman–Crippen LogP) is 2.67. The first-order valence-corrected chi connectivity index (χ1v) is 11.1. The van der Waals surface area contributed by atoms with Gasteiger partial charge in [-0.05, 0) is 19.4 Å². The van der Waals surface area contributed by atoms with E-state index in [9.17, 15) is 4.79 Å². The maximum Gasteiger partial charge on any atom is 0.219 e. The molecule has 1 fully saturated rings. The molecule has 4 heterocycles. The topological polar surface area (TPSA) is 110 Å². The molecule has 0 spiro atoms. The first kappa shape index (κ1) is 21.4. The minimum atomic E-state index is -0.427. The van der Waals surface area contributed by atoms with Gasteiger partial charge in [0.1, 0.15) is 0 Å². The van der Waals surface area contributed by atoms with Crippen molar-refractivity contribution in [1.82, 2.24) is 24.8 Å². The van der Waals surface area contributed by atoms with Gasteiger partial charge in [0.25, 0.3) is 0 Å². The minimum Gasteiger partial charge on any atom is -0.378 e. The van der Waals surface area contributed by atoms with Gasteiger partial charge in [-0.15, -0.1) is 11.3 Å². The molecule has 1 aliphatic rings. The van der Waals surface area contributed by atoms with Gasteiger partial charge < -0.3 is 20.3 Å². The van der Waals surface area contributed by atoms with E-state index >= 15 is 0 Å². The average Bonchev–Trinajstić information content (AvgIpc) is 3.23. The number of amides is 1. The normalized spacial score (nSPS) is 16.3. The van der Waals surface area contributed by atoms with E-state index in [0.717, 1.165) is 40.4 Å². The maximum absolute atomic E-state index is 12.2. The second-order valence-electron chi connectivity index (χ2n) is 7.83. The summed E-state index contributed by atoms with van der Waals surface area (Å²) in [6.45, 7) is 8.61. The number of carbonyl (C=O) groups excluding carboxylic acids is 1. The predicted molar refractivity (Wildman–Crippen MR) is 122 cm³/mol. The molecular formula is C21H27N7O2S. The van der Waals surface area contributed by atoms with Gasteiger partial charge in [-0.3, -0.25) is 4.79 Å². The molecule has 3 aromatic heterocycles. The molecule has 0 saturated carbocycles. The molecule has 31 heavy (non-hydrogen) atoms. The summed E-state index contributed by atoms with van der Waals surface area (Å²) in [5.41, 5.74) is 6.77. The van der Waals surface area contributed by atoms with E-state index in [1.54, 1.807) is 35.6 Å². The molecule has 0 aliphatic carbocycles. The van der Waals surface area contributed by atoms with Gasteiger partial charge in [0.15, 0.2) is 11.6 Å². The number of thiophene rings is 1. The standard InChI is InChI=1S/C21H27N7O2S/c1-5-21(3,27(4)13(2)29)16-10-15-17(31-16)19(28-6-8-30-9-7-28)26-18(25-15)14-11-23-20(22)24-12-14/h10-12H,5-9H2,1-4H3,(H2,22,23,24). The molecule has 164 valence electrons. The van der Waals surface area contributed by atoms with Crippen molar-refractivity contribution in [3.8, 4) is 11.4 Å². The Morgan fingerprint density at radius 1 is 1.29 bits per heavy atom. The Labute approximate surface area is 185 Å². The van der Waals surface area contributed by atoms with Crippen molar-refractivity contribution < 1.29 is 9.53 Å². The lowest BCUT2D eigenvalue weighted by Crippen LogP contribution is -2.42.